The number of morpholine rings is 1. The van der Waals surface area contributed by atoms with Crippen LogP contribution in [-0.2, 0) is 9.53 Å². The van der Waals surface area contributed by atoms with Gasteiger partial charge in [0.15, 0.2) is 5.65 Å². The Morgan fingerprint density at radius 3 is 2.71 bits per heavy atom. The molecule has 2 amide bonds. The largest absolute Gasteiger partial charge is 0.378 e. The fourth-order valence-corrected chi connectivity index (χ4v) is 3.97. The smallest absolute Gasteiger partial charge is 0.254 e. The lowest BCUT2D eigenvalue weighted by molar-refractivity contribution is -0.120. The lowest BCUT2D eigenvalue weighted by Crippen LogP contribution is -2.37. The first-order valence-corrected chi connectivity index (χ1v) is 10.6. The molecule has 2 aliphatic rings. The van der Waals surface area contributed by atoms with Crippen molar-refractivity contribution in [2.24, 2.45) is 10.9 Å². The third kappa shape index (κ3) is 4.23. The number of carbonyl (C=O) groups excluding carboxylic acids is 2. The van der Waals surface area contributed by atoms with E-state index in [1.54, 1.807) is 13.1 Å². The Bertz CT molecular complexity index is 1080. The monoisotopic (exact) mass is 424 g/mol. The van der Waals surface area contributed by atoms with Gasteiger partial charge in [-0.1, -0.05) is 5.57 Å². The van der Waals surface area contributed by atoms with Crippen LogP contribution in [0.2, 0.25) is 0 Å². The Morgan fingerprint density at radius 1 is 1.29 bits per heavy atom. The van der Waals surface area contributed by atoms with Crippen LogP contribution in [0.1, 0.15) is 44.1 Å². The van der Waals surface area contributed by atoms with Gasteiger partial charge in [-0.25, -0.2) is 14.7 Å². The van der Waals surface area contributed by atoms with E-state index in [9.17, 15) is 9.59 Å². The van der Waals surface area contributed by atoms with Crippen LogP contribution in [0, 0.1) is 5.92 Å². The highest BCUT2D eigenvalue weighted by atomic mass is 16.5. The minimum atomic E-state index is -0.443. The molecule has 31 heavy (non-hydrogen) atoms. The summed E-state index contributed by atoms with van der Waals surface area (Å²) in [5, 5.41) is 8.08. The van der Waals surface area contributed by atoms with Crippen molar-refractivity contribution < 1.29 is 14.3 Å². The van der Waals surface area contributed by atoms with Gasteiger partial charge in [-0.3, -0.25) is 9.59 Å². The molecule has 0 aromatic carbocycles. The van der Waals surface area contributed by atoms with Crippen molar-refractivity contribution in [3.8, 4) is 0 Å². The average molecular weight is 425 g/mol. The van der Waals surface area contributed by atoms with E-state index in [4.69, 9.17) is 9.72 Å². The number of hydrogen-bond acceptors (Lipinski definition) is 6. The highest BCUT2D eigenvalue weighted by Gasteiger charge is 2.26. The Balaban J connectivity index is 1.64. The highest BCUT2D eigenvalue weighted by Crippen LogP contribution is 2.26. The first kappa shape index (κ1) is 21.2. The number of rotatable bonds is 5. The van der Waals surface area contributed by atoms with Gasteiger partial charge >= 0.3 is 0 Å². The topological polar surface area (TPSA) is 102 Å². The van der Waals surface area contributed by atoms with Crippen molar-refractivity contribution in [2.45, 2.75) is 33.7 Å². The SMILES string of the molecule is CC1=CC(C)=NC(=O)C1CNC(=O)c1cc(N2CCOCC2)nc2c1cnn2C(C)C. The molecule has 2 aromatic heterocycles. The predicted octanol–water partition coefficient (Wildman–Crippen LogP) is 2.14. The zero-order valence-electron chi connectivity index (χ0n) is 18.4. The number of anilines is 1. The lowest BCUT2D eigenvalue weighted by atomic mass is 9.95. The second kappa shape index (κ2) is 8.58. The van der Waals surface area contributed by atoms with Crippen molar-refractivity contribution in [1.82, 2.24) is 20.1 Å². The van der Waals surface area contributed by atoms with Gasteiger partial charge < -0.3 is 15.0 Å². The number of allylic oxidation sites excluding steroid dienone is 1. The molecule has 1 saturated heterocycles. The Hall–Kier alpha value is -3.07. The van der Waals surface area contributed by atoms with Gasteiger partial charge in [0.2, 0.25) is 0 Å². The maximum Gasteiger partial charge on any atom is 0.254 e. The van der Waals surface area contributed by atoms with Crippen LogP contribution in [0.4, 0.5) is 5.82 Å². The number of hydrogen-bond donors (Lipinski definition) is 1. The third-order valence-corrected chi connectivity index (χ3v) is 5.66. The molecule has 2 aliphatic heterocycles. The van der Waals surface area contributed by atoms with Crippen molar-refractivity contribution >= 4 is 34.4 Å². The molecule has 0 bridgehead atoms. The van der Waals surface area contributed by atoms with Gasteiger partial charge in [-0.15, -0.1) is 0 Å². The number of pyridine rings is 1. The van der Waals surface area contributed by atoms with Crippen LogP contribution in [0.15, 0.2) is 28.9 Å². The summed E-state index contributed by atoms with van der Waals surface area (Å²) in [5.41, 5.74) is 2.77. The maximum absolute atomic E-state index is 13.2. The van der Waals surface area contributed by atoms with Crippen molar-refractivity contribution in [3.05, 3.63) is 29.5 Å². The molecule has 1 fully saturated rings. The molecule has 9 heteroatoms. The summed E-state index contributed by atoms with van der Waals surface area (Å²) >= 11 is 0. The van der Waals surface area contributed by atoms with E-state index in [0.29, 0.717) is 48.6 Å². The van der Waals surface area contributed by atoms with E-state index in [1.165, 1.54) is 0 Å². The Kier molecular flexibility index (Phi) is 5.86. The molecule has 1 atom stereocenters. The molecule has 0 saturated carbocycles. The van der Waals surface area contributed by atoms with Crippen LogP contribution in [0.3, 0.4) is 0 Å². The molecule has 4 rings (SSSR count). The third-order valence-electron chi connectivity index (χ3n) is 5.66. The minimum absolute atomic E-state index is 0.106. The summed E-state index contributed by atoms with van der Waals surface area (Å²) < 4.78 is 7.28. The van der Waals surface area contributed by atoms with Gasteiger partial charge in [0, 0.05) is 31.4 Å². The van der Waals surface area contributed by atoms with Gasteiger partial charge in [0.1, 0.15) is 5.82 Å². The summed E-state index contributed by atoms with van der Waals surface area (Å²) in [6.07, 6.45) is 3.57. The first-order chi connectivity index (χ1) is 14.8. The number of nitrogens with zero attached hydrogens (tertiary/aromatic N) is 5. The number of nitrogens with one attached hydrogen (secondary N) is 1. The zero-order chi connectivity index (χ0) is 22.1. The Labute approximate surface area is 181 Å². The van der Waals surface area contributed by atoms with Crippen molar-refractivity contribution in [2.75, 3.05) is 37.7 Å². The number of ether oxygens (including phenoxy) is 1. The molecule has 2 aromatic rings. The summed E-state index contributed by atoms with van der Waals surface area (Å²) in [7, 11) is 0. The standard InChI is InChI=1S/C22H28N6O3/c1-13(2)28-20-18(12-24-28)16(10-19(26-20)27-5-7-31-8-6-27)21(29)23-11-17-14(3)9-15(4)25-22(17)30/h9-10,12-13,17H,5-8,11H2,1-4H3,(H,23,29). The van der Waals surface area contributed by atoms with E-state index in [-0.39, 0.29) is 24.4 Å². The van der Waals surface area contributed by atoms with Gasteiger partial charge in [-0.2, -0.15) is 5.10 Å². The number of amides is 2. The maximum atomic E-state index is 13.2. The van der Waals surface area contributed by atoms with E-state index in [0.717, 1.165) is 11.4 Å². The second-order valence-corrected chi connectivity index (χ2v) is 8.29. The number of aromatic nitrogens is 3. The van der Waals surface area contributed by atoms with E-state index < -0.39 is 5.92 Å². The van der Waals surface area contributed by atoms with Crippen LogP contribution in [0.5, 0.6) is 0 Å². The molecule has 9 nitrogen and oxygen atoms in total. The fourth-order valence-electron chi connectivity index (χ4n) is 3.97. The van der Waals surface area contributed by atoms with Gasteiger partial charge in [0.25, 0.3) is 11.8 Å². The summed E-state index contributed by atoms with van der Waals surface area (Å²) in [6, 6.07) is 1.91. The summed E-state index contributed by atoms with van der Waals surface area (Å²) in [5.74, 6) is -0.188. The number of aliphatic imine (C=N–C) groups is 1. The molecule has 1 unspecified atom stereocenters. The van der Waals surface area contributed by atoms with Crippen LogP contribution in [-0.4, -0.2) is 65.1 Å². The molecule has 164 valence electrons. The number of dihydropyridines is 1. The predicted molar refractivity (Wildman–Crippen MR) is 119 cm³/mol. The zero-order valence-corrected chi connectivity index (χ0v) is 18.4. The van der Waals surface area contributed by atoms with E-state index in [1.807, 2.05) is 37.6 Å². The second-order valence-electron chi connectivity index (χ2n) is 8.29. The molecule has 4 heterocycles. The molecule has 0 aliphatic carbocycles. The minimum Gasteiger partial charge on any atom is -0.378 e. The summed E-state index contributed by atoms with van der Waals surface area (Å²) in [4.78, 5) is 36.5. The van der Waals surface area contributed by atoms with Crippen molar-refractivity contribution in [3.63, 3.8) is 0 Å². The highest BCUT2D eigenvalue weighted by molar-refractivity contribution is 6.07. The van der Waals surface area contributed by atoms with Gasteiger partial charge in [0.05, 0.1) is 36.3 Å². The normalized spacial score (nSPS) is 19.6. The lowest BCUT2D eigenvalue weighted by Gasteiger charge is -2.28. The van der Waals surface area contributed by atoms with Crippen LogP contribution < -0.4 is 10.2 Å². The first-order valence-electron chi connectivity index (χ1n) is 10.6. The molecule has 0 radical (unpaired) electrons. The van der Waals surface area contributed by atoms with Crippen molar-refractivity contribution in [1.29, 1.82) is 0 Å². The average Bonchev–Trinajstić information content (AvgIpc) is 3.17. The fraction of sp³-hybridized carbons (Fsp3) is 0.500. The van der Waals surface area contributed by atoms with Gasteiger partial charge in [-0.05, 0) is 39.8 Å². The molecule has 1 N–H and O–H groups in total. The number of carbonyl (C=O) groups is 2. The molecular weight excluding hydrogens is 396 g/mol. The number of fused-ring (bicyclic) bond motifs is 1. The van der Waals surface area contributed by atoms with Crippen LogP contribution in [0.25, 0.3) is 11.0 Å². The quantitative estimate of drug-likeness (QED) is 0.789. The molecule has 0 spiro atoms. The Morgan fingerprint density at radius 2 is 2.03 bits per heavy atom. The molecular formula is C22H28N6O3. The van der Waals surface area contributed by atoms with E-state index >= 15 is 0 Å². The summed E-state index contributed by atoms with van der Waals surface area (Å²) in [6.45, 7) is 10.6. The van der Waals surface area contributed by atoms with E-state index in [2.05, 4.69) is 20.3 Å². The van der Waals surface area contributed by atoms with Crippen LogP contribution >= 0.6 is 0 Å².